The number of carboxylic acid groups (broad SMARTS) is 1. The molecule has 0 aliphatic rings. The van der Waals surface area contributed by atoms with Crippen LogP contribution in [0.5, 0.6) is 0 Å². The summed E-state index contributed by atoms with van der Waals surface area (Å²) in [5.74, 6) is -3.93. The van der Waals surface area contributed by atoms with Crippen LogP contribution in [-0.4, -0.2) is 61.0 Å². The number of ether oxygens (including phenoxy) is 1. The standard InChI is InChI=1S/C16H13N7O6/c1-29-15(28)8-4-2-7(3-5-8)11(12(17)24)19-13(25)9-6-10(14(26)27)23-16(18-9)20-21-22-23/h2-6,11H,1H3,(H2,17,24)(H,19,25)(H,26,27)/t11-/m1/s1. The van der Waals surface area contributed by atoms with Crippen LogP contribution in [0.15, 0.2) is 30.3 Å². The third kappa shape index (κ3) is 3.83. The number of carboxylic acids is 1. The van der Waals surface area contributed by atoms with E-state index in [4.69, 9.17) is 5.73 Å². The molecule has 0 aliphatic carbocycles. The fourth-order valence-electron chi connectivity index (χ4n) is 2.46. The van der Waals surface area contributed by atoms with E-state index in [1.165, 1.54) is 31.4 Å². The minimum absolute atomic E-state index is 0.215. The summed E-state index contributed by atoms with van der Waals surface area (Å²) in [7, 11) is 1.23. The number of esters is 1. The zero-order chi connectivity index (χ0) is 21.1. The number of rotatable bonds is 6. The molecule has 0 aliphatic heterocycles. The average molecular weight is 399 g/mol. The molecule has 1 atom stereocenters. The molecule has 0 fully saturated rings. The fraction of sp³-hybridized carbons (Fsp3) is 0.125. The summed E-state index contributed by atoms with van der Waals surface area (Å²) in [5.41, 5.74) is 5.18. The van der Waals surface area contributed by atoms with Crippen LogP contribution in [0.4, 0.5) is 0 Å². The van der Waals surface area contributed by atoms with Crippen molar-refractivity contribution in [2.45, 2.75) is 6.04 Å². The number of benzene rings is 1. The molecule has 13 nitrogen and oxygen atoms in total. The highest BCUT2D eigenvalue weighted by Crippen LogP contribution is 2.16. The maximum absolute atomic E-state index is 12.6. The van der Waals surface area contributed by atoms with Crippen LogP contribution in [-0.2, 0) is 9.53 Å². The number of nitrogens with one attached hydrogen (secondary N) is 1. The molecule has 1 aromatic carbocycles. The summed E-state index contributed by atoms with van der Waals surface area (Å²) >= 11 is 0. The molecule has 0 saturated heterocycles. The Balaban J connectivity index is 1.90. The average Bonchev–Trinajstić information content (AvgIpc) is 3.18. The highest BCUT2D eigenvalue weighted by molar-refractivity contribution is 5.98. The SMILES string of the molecule is COC(=O)c1ccc([C@@H](NC(=O)c2cc(C(=O)O)n3nnnc3n2)C(N)=O)cc1. The molecule has 0 radical (unpaired) electrons. The first-order valence-corrected chi connectivity index (χ1v) is 7.92. The zero-order valence-electron chi connectivity index (χ0n) is 14.8. The van der Waals surface area contributed by atoms with E-state index < -0.39 is 35.5 Å². The lowest BCUT2D eigenvalue weighted by atomic mass is 10.0. The molecule has 0 saturated carbocycles. The van der Waals surface area contributed by atoms with Gasteiger partial charge in [-0.2, -0.15) is 4.52 Å². The van der Waals surface area contributed by atoms with E-state index in [1.807, 2.05) is 0 Å². The Morgan fingerprint density at radius 3 is 2.48 bits per heavy atom. The van der Waals surface area contributed by atoms with Crippen molar-refractivity contribution in [3.05, 3.63) is 52.8 Å². The summed E-state index contributed by atoms with van der Waals surface area (Å²) in [6, 6.07) is 5.33. The van der Waals surface area contributed by atoms with Crippen LogP contribution in [0, 0.1) is 0 Å². The van der Waals surface area contributed by atoms with Gasteiger partial charge in [-0.15, -0.1) is 0 Å². The molecule has 2 amide bonds. The van der Waals surface area contributed by atoms with Gasteiger partial charge in [0.1, 0.15) is 11.7 Å². The topological polar surface area (TPSA) is 192 Å². The largest absolute Gasteiger partial charge is 0.477 e. The van der Waals surface area contributed by atoms with Crippen LogP contribution >= 0.6 is 0 Å². The maximum Gasteiger partial charge on any atom is 0.354 e. The molecule has 2 aromatic heterocycles. The van der Waals surface area contributed by atoms with E-state index >= 15 is 0 Å². The lowest BCUT2D eigenvalue weighted by molar-refractivity contribution is -0.120. The molecular weight excluding hydrogens is 386 g/mol. The maximum atomic E-state index is 12.6. The predicted octanol–water partition coefficient (Wildman–Crippen LogP) is -1.04. The second-order valence-corrected chi connectivity index (χ2v) is 5.64. The lowest BCUT2D eigenvalue weighted by Crippen LogP contribution is -2.38. The Labute approximate surface area is 161 Å². The molecule has 2 heterocycles. The number of nitrogens with two attached hydrogens (primary N) is 1. The van der Waals surface area contributed by atoms with Crippen molar-refractivity contribution < 1.29 is 29.0 Å². The molecular formula is C16H13N7O6. The Bertz CT molecular complexity index is 1120. The second-order valence-electron chi connectivity index (χ2n) is 5.64. The molecule has 3 rings (SSSR count). The van der Waals surface area contributed by atoms with Crippen LogP contribution in [0.3, 0.4) is 0 Å². The van der Waals surface area contributed by atoms with E-state index in [0.29, 0.717) is 5.56 Å². The van der Waals surface area contributed by atoms with Gasteiger partial charge in [-0.25, -0.2) is 14.6 Å². The van der Waals surface area contributed by atoms with Crippen molar-refractivity contribution in [1.82, 2.24) is 30.3 Å². The highest BCUT2D eigenvalue weighted by Gasteiger charge is 2.24. The first-order valence-electron chi connectivity index (χ1n) is 7.92. The monoisotopic (exact) mass is 399 g/mol. The third-order valence-corrected chi connectivity index (χ3v) is 3.85. The fourth-order valence-corrected chi connectivity index (χ4v) is 2.46. The van der Waals surface area contributed by atoms with Crippen molar-refractivity contribution in [3.63, 3.8) is 0 Å². The highest BCUT2D eigenvalue weighted by atomic mass is 16.5. The van der Waals surface area contributed by atoms with Crippen molar-refractivity contribution >= 4 is 29.5 Å². The number of nitrogens with zero attached hydrogens (tertiary/aromatic N) is 5. The minimum atomic E-state index is -1.39. The first-order chi connectivity index (χ1) is 13.8. The van der Waals surface area contributed by atoms with E-state index in [2.05, 4.69) is 30.6 Å². The summed E-state index contributed by atoms with van der Waals surface area (Å²) in [6.45, 7) is 0. The number of tetrazole rings is 1. The summed E-state index contributed by atoms with van der Waals surface area (Å²) in [5, 5.41) is 21.9. The van der Waals surface area contributed by atoms with Gasteiger partial charge in [0.25, 0.3) is 11.7 Å². The smallest absolute Gasteiger partial charge is 0.354 e. The number of methoxy groups -OCH3 is 1. The van der Waals surface area contributed by atoms with Gasteiger partial charge in [-0.05, 0) is 28.1 Å². The van der Waals surface area contributed by atoms with Crippen LogP contribution in [0.25, 0.3) is 5.78 Å². The second kappa shape index (κ2) is 7.67. The van der Waals surface area contributed by atoms with Gasteiger partial charge in [-0.1, -0.05) is 17.2 Å². The number of carbonyl (C=O) groups excluding carboxylic acids is 3. The Morgan fingerprint density at radius 2 is 1.90 bits per heavy atom. The number of amides is 2. The van der Waals surface area contributed by atoms with E-state index in [9.17, 15) is 24.3 Å². The molecule has 29 heavy (non-hydrogen) atoms. The number of aromatic nitrogens is 5. The van der Waals surface area contributed by atoms with E-state index in [0.717, 1.165) is 10.6 Å². The Hall–Kier alpha value is -4.42. The van der Waals surface area contributed by atoms with Crippen molar-refractivity contribution in [2.75, 3.05) is 7.11 Å². The zero-order valence-corrected chi connectivity index (χ0v) is 14.8. The van der Waals surface area contributed by atoms with Gasteiger partial charge < -0.3 is 20.9 Å². The van der Waals surface area contributed by atoms with E-state index in [1.54, 1.807) is 0 Å². The van der Waals surface area contributed by atoms with Gasteiger partial charge in [-0.3, -0.25) is 9.59 Å². The number of carbonyl (C=O) groups is 4. The Kier molecular flexibility index (Phi) is 5.12. The number of aromatic carboxylic acids is 1. The normalized spacial score (nSPS) is 11.6. The minimum Gasteiger partial charge on any atom is -0.477 e. The quantitative estimate of drug-likeness (QED) is 0.431. The number of fused-ring (bicyclic) bond motifs is 1. The lowest BCUT2D eigenvalue weighted by Gasteiger charge is -2.16. The third-order valence-electron chi connectivity index (χ3n) is 3.85. The van der Waals surface area contributed by atoms with Gasteiger partial charge in [0.2, 0.25) is 5.91 Å². The number of hydrogen-bond donors (Lipinski definition) is 3. The van der Waals surface area contributed by atoms with E-state index in [-0.39, 0.29) is 17.0 Å². The number of hydrogen-bond acceptors (Lipinski definition) is 9. The van der Waals surface area contributed by atoms with Crippen LogP contribution in [0.2, 0.25) is 0 Å². The first kappa shape index (κ1) is 19.3. The molecule has 13 heteroatoms. The summed E-state index contributed by atoms with van der Waals surface area (Å²) < 4.78 is 5.43. The molecule has 0 unspecified atom stereocenters. The van der Waals surface area contributed by atoms with Gasteiger partial charge in [0, 0.05) is 6.07 Å². The van der Waals surface area contributed by atoms with Gasteiger partial charge >= 0.3 is 11.9 Å². The van der Waals surface area contributed by atoms with Crippen molar-refractivity contribution in [2.24, 2.45) is 5.73 Å². The van der Waals surface area contributed by atoms with Crippen LogP contribution in [0.1, 0.15) is 42.9 Å². The summed E-state index contributed by atoms with van der Waals surface area (Å²) in [6.07, 6.45) is 0. The molecule has 3 aromatic rings. The molecule has 0 bridgehead atoms. The predicted molar refractivity (Wildman–Crippen MR) is 92.7 cm³/mol. The van der Waals surface area contributed by atoms with Crippen LogP contribution < -0.4 is 11.1 Å². The van der Waals surface area contributed by atoms with Crippen molar-refractivity contribution in [3.8, 4) is 0 Å². The molecule has 4 N–H and O–H groups in total. The number of primary amides is 1. The molecule has 0 spiro atoms. The van der Waals surface area contributed by atoms with Gasteiger partial charge in [0.05, 0.1) is 12.7 Å². The van der Waals surface area contributed by atoms with Gasteiger partial charge in [0.15, 0.2) is 5.69 Å². The van der Waals surface area contributed by atoms with Crippen molar-refractivity contribution in [1.29, 1.82) is 0 Å². The summed E-state index contributed by atoms with van der Waals surface area (Å²) in [4.78, 5) is 51.2. The Morgan fingerprint density at radius 1 is 1.21 bits per heavy atom. The molecule has 148 valence electrons.